The average molecular weight is 417 g/mol. The van der Waals surface area contributed by atoms with Crippen LogP contribution in [0, 0.1) is 0 Å². The van der Waals surface area contributed by atoms with Gasteiger partial charge in [0.1, 0.15) is 12.4 Å². The Bertz CT molecular complexity index is 925. The van der Waals surface area contributed by atoms with Gasteiger partial charge in [0.25, 0.3) is 0 Å². The molecule has 0 spiro atoms. The Morgan fingerprint density at radius 2 is 1.65 bits per heavy atom. The summed E-state index contributed by atoms with van der Waals surface area (Å²) in [5.74, 6) is 3.12. The van der Waals surface area contributed by atoms with Crippen molar-refractivity contribution < 1.29 is 0 Å². The maximum Gasteiger partial charge on any atom is 0.191 e. The Labute approximate surface area is 184 Å². The minimum atomic E-state index is 0.246. The number of aliphatic imine (C=N–C) groups is 1. The number of nitrogens with zero attached hydrogens (tertiary/aromatic N) is 4. The highest BCUT2D eigenvalue weighted by molar-refractivity contribution is 5.79. The van der Waals surface area contributed by atoms with E-state index in [0.29, 0.717) is 6.54 Å². The largest absolute Gasteiger partial charge is 0.357 e. The lowest BCUT2D eigenvalue weighted by Gasteiger charge is -2.20. The molecular weight excluding hydrogens is 384 g/mol. The van der Waals surface area contributed by atoms with Gasteiger partial charge in [0.05, 0.1) is 0 Å². The van der Waals surface area contributed by atoms with Crippen LogP contribution in [0.3, 0.4) is 0 Å². The zero-order chi connectivity index (χ0) is 21.3. The molecule has 0 saturated heterocycles. The molecule has 2 heterocycles. The van der Waals surface area contributed by atoms with Crippen molar-refractivity contribution in [1.29, 1.82) is 0 Å². The first-order valence-corrected chi connectivity index (χ1v) is 11.4. The van der Waals surface area contributed by atoms with Crippen LogP contribution in [0.15, 0.2) is 65.7 Å². The molecule has 162 valence electrons. The molecule has 6 heteroatoms. The molecule has 0 aliphatic carbocycles. The fourth-order valence-electron chi connectivity index (χ4n) is 4.15. The van der Waals surface area contributed by atoms with E-state index in [4.69, 9.17) is 4.99 Å². The zero-order valence-electron chi connectivity index (χ0n) is 18.3. The molecule has 3 aromatic rings. The lowest BCUT2D eigenvalue weighted by atomic mass is 9.91. The van der Waals surface area contributed by atoms with Crippen molar-refractivity contribution in [2.45, 2.75) is 51.6 Å². The van der Waals surface area contributed by atoms with Gasteiger partial charge in [-0.3, -0.25) is 0 Å². The minimum absolute atomic E-state index is 0.246. The second-order valence-electron chi connectivity index (χ2n) is 7.94. The maximum atomic E-state index is 4.83. The van der Waals surface area contributed by atoms with Crippen molar-refractivity contribution in [3.8, 4) is 0 Å². The molecule has 0 atom stereocenters. The number of aryl methyl sites for hydroxylation is 1. The van der Waals surface area contributed by atoms with E-state index in [1.807, 2.05) is 0 Å². The van der Waals surface area contributed by atoms with Crippen LogP contribution in [0.5, 0.6) is 0 Å². The van der Waals surface area contributed by atoms with Crippen LogP contribution in [-0.2, 0) is 19.5 Å². The standard InChI is InChI=1S/C25H32N6/c1-2-26-25(28-19-24-30-29-23-16-10-5-11-17-31(23)24)27-18-22(20-12-6-3-7-13-20)21-14-8-4-9-15-21/h3-4,6-9,12-15,22H,2,5,10-11,16-19H2,1H3,(H2,26,27,28). The van der Waals surface area contributed by atoms with Gasteiger partial charge < -0.3 is 15.2 Å². The summed E-state index contributed by atoms with van der Waals surface area (Å²) in [5, 5.41) is 15.7. The Morgan fingerprint density at radius 1 is 0.935 bits per heavy atom. The monoisotopic (exact) mass is 416 g/mol. The highest BCUT2D eigenvalue weighted by Gasteiger charge is 2.16. The first kappa shape index (κ1) is 21.1. The first-order valence-electron chi connectivity index (χ1n) is 11.4. The quantitative estimate of drug-likeness (QED) is 0.453. The van der Waals surface area contributed by atoms with Crippen LogP contribution in [0.2, 0.25) is 0 Å². The summed E-state index contributed by atoms with van der Waals surface area (Å²) in [6.45, 7) is 5.19. The second-order valence-corrected chi connectivity index (χ2v) is 7.94. The summed E-state index contributed by atoms with van der Waals surface area (Å²) in [6.07, 6.45) is 4.67. The van der Waals surface area contributed by atoms with E-state index < -0.39 is 0 Å². The molecule has 1 aliphatic heterocycles. The molecule has 2 aromatic carbocycles. The smallest absolute Gasteiger partial charge is 0.191 e. The molecule has 0 bridgehead atoms. The predicted octanol–water partition coefficient (Wildman–Crippen LogP) is 3.89. The summed E-state index contributed by atoms with van der Waals surface area (Å²) in [4.78, 5) is 4.83. The zero-order valence-corrected chi connectivity index (χ0v) is 18.3. The van der Waals surface area contributed by atoms with Crippen molar-refractivity contribution >= 4 is 5.96 Å². The van der Waals surface area contributed by atoms with Crippen LogP contribution in [0.25, 0.3) is 0 Å². The van der Waals surface area contributed by atoms with Crippen LogP contribution < -0.4 is 10.6 Å². The maximum absolute atomic E-state index is 4.83. The van der Waals surface area contributed by atoms with Gasteiger partial charge in [0.15, 0.2) is 11.8 Å². The van der Waals surface area contributed by atoms with Crippen LogP contribution in [-0.4, -0.2) is 33.8 Å². The van der Waals surface area contributed by atoms with E-state index in [-0.39, 0.29) is 5.92 Å². The van der Waals surface area contributed by atoms with Crippen LogP contribution >= 0.6 is 0 Å². The average Bonchev–Trinajstić information content (AvgIpc) is 3.04. The molecule has 2 N–H and O–H groups in total. The van der Waals surface area contributed by atoms with Gasteiger partial charge in [0, 0.05) is 32.0 Å². The molecule has 1 aliphatic rings. The number of hydrogen-bond acceptors (Lipinski definition) is 3. The third kappa shape index (κ3) is 5.51. The van der Waals surface area contributed by atoms with E-state index in [1.165, 1.54) is 30.4 Å². The minimum Gasteiger partial charge on any atom is -0.357 e. The second kappa shape index (κ2) is 10.8. The highest BCUT2D eigenvalue weighted by atomic mass is 15.3. The molecular formula is C25H32N6. The van der Waals surface area contributed by atoms with Gasteiger partial charge in [-0.25, -0.2) is 4.99 Å². The van der Waals surface area contributed by atoms with E-state index >= 15 is 0 Å². The topological polar surface area (TPSA) is 67.1 Å². The van der Waals surface area contributed by atoms with Gasteiger partial charge in [-0.1, -0.05) is 67.1 Å². The molecule has 0 unspecified atom stereocenters. The van der Waals surface area contributed by atoms with Gasteiger partial charge in [-0.05, 0) is 30.9 Å². The normalized spacial score (nSPS) is 14.2. The number of fused-ring (bicyclic) bond motifs is 1. The van der Waals surface area contributed by atoms with Crippen LogP contribution in [0.4, 0.5) is 0 Å². The number of hydrogen-bond donors (Lipinski definition) is 2. The molecule has 0 saturated carbocycles. The van der Waals surface area contributed by atoms with E-state index in [9.17, 15) is 0 Å². The predicted molar refractivity (Wildman–Crippen MR) is 125 cm³/mol. The molecule has 31 heavy (non-hydrogen) atoms. The van der Waals surface area contributed by atoms with Gasteiger partial charge in [0.2, 0.25) is 0 Å². The first-order chi connectivity index (χ1) is 15.3. The summed E-state index contributed by atoms with van der Waals surface area (Å²) >= 11 is 0. The van der Waals surface area contributed by atoms with Crippen LogP contribution in [0.1, 0.15) is 54.9 Å². The van der Waals surface area contributed by atoms with Crippen molar-refractivity contribution in [1.82, 2.24) is 25.4 Å². The Kier molecular flexibility index (Phi) is 7.32. The number of rotatable bonds is 7. The van der Waals surface area contributed by atoms with Crippen molar-refractivity contribution in [3.05, 3.63) is 83.4 Å². The van der Waals surface area contributed by atoms with E-state index in [0.717, 1.165) is 43.7 Å². The van der Waals surface area contributed by atoms with E-state index in [2.05, 4.69) is 93.0 Å². The summed E-state index contributed by atoms with van der Waals surface area (Å²) in [5.41, 5.74) is 2.58. The van der Waals surface area contributed by atoms with Crippen molar-refractivity contribution in [3.63, 3.8) is 0 Å². The highest BCUT2D eigenvalue weighted by Crippen LogP contribution is 2.23. The lowest BCUT2D eigenvalue weighted by Crippen LogP contribution is -2.39. The van der Waals surface area contributed by atoms with Crippen molar-refractivity contribution in [2.75, 3.05) is 13.1 Å². The number of benzene rings is 2. The number of guanidine groups is 1. The summed E-state index contributed by atoms with van der Waals surface area (Å²) in [7, 11) is 0. The lowest BCUT2D eigenvalue weighted by molar-refractivity contribution is 0.605. The Hall–Kier alpha value is -3.15. The SMILES string of the molecule is CCNC(=NCc1nnc2n1CCCCC2)NCC(c1ccccc1)c1ccccc1. The van der Waals surface area contributed by atoms with Gasteiger partial charge >= 0.3 is 0 Å². The van der Waals surface area contributed by atoms with Crippen molar-refractivity contribution in [2.24, 2.45) is 4.99 Å². The third-order valence-corrected chi connectivity index (χ3v) is 5.79. The van der Waals surface area contributed by atoms with Gasteiger partial charge in [-0.2, -0.15) is 0 Å². The summed E-state index contributed by atoms with van der Waals surface area (Å²) < 4.78 is 2.26. The fourth-order valence-corrected chi connectivity index (χ4v) is 4.15. The fraction of sp³-hybridized carbons (Fsp3) is 0.400. The number of nitrogens with one attached hydrogen (secondary N) is 2. The van der Waals surface area contributed by atoms with Gasteiger partial charge in [-0.15, -0.1) is 10.2 Å². The molecule has 4 rings (SSSR count). The number of aromatic nitrogens is 3. The Balaban J connectivity index is 1.49. The van der Waals surface area contributed by atoms with E-state index in [1.54, 1.807) is 0 Å². The Morgan fingerprint density at radius 3 is 2.32 bits per heavy atom. The molecule has 1 aromatic heterocycles. The molecule has 0 radical (unpaired) electrons. The molecule has 6 nitrogen and oxygen atoms in total. The third-order valence-electron chi connectivity index (χ3n) is 5.79. The molecule has 0 fully saturated rings. The summed E-state index contributed by atoms with van der Waals surface area (Å²) in [6, 6.07) is 21.3. The molecule has 0 amide bonds.